The second kappa shape index (κ2) is 6.13. The lowest BCUT2D eigenvalue weighted by Crippen LogP contribution is -2.00. The van der Waals surface area contributed by atoms with Gasteiger partial charge in [-0.05, 0) is 30.7 Å². The number of hydrogen-bond donors (Lipinski definition) is 0. The number of ether oxygens (including phenoxy) is 2. The number of pyridine rings is 1. The Balaban J connectivity index is 1.98. The Morgan fingerprint density at radius 3 is 2.36 bits per heavy atom. The fraction of sp³-hybridized carbons (Fsp3) is 0.190. The van der Waals surface area contributed by atoms with Gasteiger partial charge in [-0.25, -0.2) is 0 Å². The molecule has 2 aromatic carbocycles. The van der Waals surface area contributed by atoms with Crippen LogP contribution in [0.5, 0.6) is 11.5 Å². The van der Waals surface area contributed by atoms with Crippen molar-refractivity contribution in [3.8, 4) is 11.5 Å². The van der Waals surface area contributed by atoms with Crippen LogP contribution < -0.4 is 9.47 Å². The van der Waals surface area contributed by atoms with Gasteiger partial charge in [0.2, 0.25) is 0 Å². The quantitative estimate of drug-likeness (QED) is 0.549. The third-order valence-electron chi connectivity index (χ3n) is 4.59. The van der Waals surface area contributed by atoms with Crippen molar-refractivity contribution >= 4 is 21.9 Å². The number of benzene rings is 2. The Morgan fingerprint density at radius 1 is 0.920 bits per heavy atom. The number of aryl methyl sites for hydroxylation is 1. The van der Waals surface area contributed by atoms with E-state index < -0.39 is 0 Å². The van der Waals surface area contributed by atoms with E-state index in [1.165, 1.54) is 11.1 Å². The number of methoxy groups -OCH3 is 2. The summed E-state index contributed by atoms with van der Waals surface area (Å²) in [4.78, 5) is 4.60. The van der Waals surface area contributed by atoms with E-state index in [0.29, 0.717) is 0 Å². The smallest absolute Gasteiger partial charge is 0.162 e. The maximum absolute atomic E-state index is 5.50. The first-order valence-corrected chi connectivity index (χ1v) is 8.25. The minimum absolute atomic E-state index is 0.718. The Hall–Kier alpha value is -3.01. The van der Waals surface area contributed by atoms with Crippen LogP contribution in [-0.2, 0) is 6.54 Å². The SMILES string of the molecule is COc1cc2c3ncccc3n(Cc3ccc(C)cc3)c2cc1OC. The largest absolute Gasteiger partial charge is 0.493 e. The van der Waals surface area contributed by atoms with Crippen LogP contribution in [-0.4, -0.2) is 23.8 Å². The highest BCUT2D eigenvalue weighted by molar-refractivity contribution is 6.06. The number of rotatable bonds is 4. The number of hydrogen-bond acceptors (Lipinski definition) is 3. The molecule has 0 atom stereocenters. The van der Waals surface area contributed by atoms with Crippen LogP contribution in [0.3, 0.4) is 0 Å². The van der Waals surface area contributed by atoms with Crippen molar-refractivity contribution in [3.63, 3.8) is 0 Å². The Bertz CT molecular complexity index is 1050. The van der Waals surface area contributed by atoms with Crippen LogP contribution in [0, 0.1) is 6.92 Å². The second-order valence-electron chi connectivity index (χ2n) is 6.17. The highest BCUT2D eigenvalue weighted by atomic mass is 16.5. The van der Waals surface area contributed by atoms with Gasteiger partial charge in [0.05, 0.1) is 30.8 Å². The highest BCUT2D eigenvalue weighted by Crippen LogP contribution is 2.37. The normalized spacial score (nSPS) is 11.2. The van der Waals surface area contributed by atoms with Gasteiger partial charge in [0.15, 0.2) is 11.5 Å². The highest BCUT2D eigenvalue weighted by Gasteiger charge is 2.16. The molecule has 0 radical (unpaired) electrons. The molecule has 0 saturated heterocycles. The van der Waals surface area contributed by atoms with E-state index in [1.54, 1.807) is 14.2 Å². The van der Waals surface area contributed by atoms with Gasteiger partial charge in [-0.2, -0.15) is 0 Å². The number of aromatic nitrogens is 2. The molecule has 0 bridgehead atoms. The average Bonchev–Trinajstić information content (AvgIpc) is 2.95. The van der Waals surface area contributed by atoms with Crippen LogP contribution in [0.2, 0.25) is 0 Å². The molecule has 2 aromatic heterocycles. The van der Waals surface area contributed by atoms with E-state index in [0.717, 1.165) is 40.0 Å². The van der Waals surface area contributed by atoms with Crippen molar-refractivity contribution in [3.05, 3.63) is 65.9 Å². The van der Waals surface area contributed by atoms with Gasteiger partial charge in [0.25, 0.3) is 0 Å². The third kappa shape index (κ3) is 2.60. The van der Waals surface area contributed by atoms with Gasteiger partial charge in [0, 0.05) is 24.2 Å². The Morgan fingerprint density at radius 2 is 1.64 bits per heavy atom. The topological polar surface area (TPSA) is 36.3 Å². The second-order valence-corrected chi connectivity index (χ2v) is 6.17. The molecule has 0 N–H and O–H groups in total. The minimum Gasteiger partial charge on any atom is -0.493 e. The molecule has 0 aliphatic heterocycles. The molecule has 4 rings (SSSR count). The molecule has 0 unspecified atom stereocenters. The van der Waals surface area contributed by atoms with E-state index in [9.17, 15) is 0 Å². The molecule has 126 valence electrons. The van der Waals surface area contributed by atoms with Gasteiger partial charge in [-0.15, -0.1) is 0 Å². The molecule has 0 saturated carbocycles. The van der Waals surface area contributed by atoms with E-state index in [4.69, 9.17) is 9.47 Å². The summed E-state index contributed by atoms with van der Waals surface area (Å²) in [5.41, 5.74) is 5.69. The van der Waals surface area contributed by atoms with Crippen molar-refractivity contribution in [1.29, 1.82) is 0 Å². The van der Waals surface area contributed by atoms with Crippen molar-refractivity contribution in [1.82, 2.24) is 9.55 Å². The van der Waals surface area contributed by atoms with Gasteiger partial charge < -0.3 is 14.0 Å². The van der Waals surface area contributed by atoms with E-state index in [1.807, 2.05) is 24.4 Å². The summed E-state index contributed by atoms with van der Waals surface area (Å²) in [5.74, 6) is 1.44. The molecule has 0 aliphatic rings. The lowest BCUT2D eigenvalue weighted by Gasteiger charge is -2.11. The van der Waals surface area contributed by atoms with Gasteiger partial charge in [-0.3, -0.25) is 4.98 Å². The fourth-order valence-electron chi connectivity index (χ4n) is 3.28. The zero-order valence-electron chi connectivity index (χ0n) is 14.6. The summed E-state index contributed by atoms with van der Waals surface area (Å²) < 4.78 is 13.3. The van der Waals surface area contributed by atoms with Crippen molar-refractivity contribution < 1.29 is 9.47 Å². The van der Waals surface area contributed by atoms with Crippen LogP contribution in [0.1, 0.15) is 11.1 Å². The molecule has 25 heavy (non-hydrogen) atoms. The predicted molar refractivity (Wildman–Crippen MR) is 101 cm³/mol. The summed E-state index contributed by atoms with van der Waals surface area (Å²) in [6, 6.07) is 16.8. The molecule has 2 heterocycles. The Kier molecular flexibility index (Phi) is 3.80. The third-order valence-corrected chi connectivity index (χ3v) is 4.59. The molecule has 0 aliphatic carbocycles. The minimum atomic E-state index is 0.718. The predicted octanol–water partition coefficient (Wildman–Crippen LogP) is 4.56. The lowest BCUT2D eigenvalue weighted by atomic mass is 10.1. The van der Waals surface area contributed by atoms with Gasteiger partial charge in [0.1, 0.15) is 0 Å². The molecular formula is C21H20N2O2. The van der Waals surface area contributed by atoms with Gasteiger partial charge >= 0.3 is 0 Å². The molecule has 0 amide bonds. The summed E-state index contributed by atoms with van der Waals surface area (Å²) in [6.07, 6.45) is 1.83. The maximum atomic E-state index is 5.50. The molecular weight excluding hydrogens is 312 g/mol. The van der Waals surface area contributed by atoms with E-state index in [2.05, 4.69) is 46.8 Å². The summed E-state index contributed by atoms with van der Waals surface area (Å²) in [5, 5.41) is 1.07. The number of fused-ring (bicyclic) bond motifs is 3. The fourth-order valence-corrected chi connectivity index (χ4v) is 3.28. The molecule has 4 heteroatoms. The zero-order valence-corrected chi connectivity index (χ0v) is 14.6. The zero-order chi connectivity index (χ0) is 17.4. The van der Waals surface area contributed by atoms with Crippen LogP contribution in [0.15, 0.2) is 54.7 Å². The molecule has 4 nitrogen and oxygen atoms in total. The maximum Gasteiger partial charge on any atom is 0.162 e. The summed E-state index contributed by atoms with van der Waals surface area (Å²) in [7, 11) is 3.32. The first kappa shape index (κ1) is 15.5. The van der Waals surface area contributed by atoms with E-state index >= 15 is 0 Å². The molecule has 4 aromatic rings. The number of nitrogens with zero attached hydrogens (tertiary/aromatic N) is 2. The lowest BCUT2D eigenvalue weighted by molar-refractivity contribution is 0.355. The Labute approximate surface area is 146 Å². The van der Waals surface area contributed by atoms with Crippen molar-refractivity contribution in [2.45, 2.75) is 13.5 Å². The standard InChI is InChI=1S/C21H20N2O2/c1-14-6-8-15(9-7-14)13-23-17-5-4-10-22-21(17)16-11-19(24-2)20(25-3)12-18(16)23/h4-12H,13H2,1-3H3. The first-order chi connectivity index (χ1) is 12.2. The molecule has 0 fully saturated rings. The van der Waals surface area contributed by atoms with Crippen molar-refractivity contribution in [2.24, 2.45) is 0 Å². The van der Waals surface area contributed by atoms with Crippen LogP contribution in [0.25, 0.3) is 21.9 Å². The van der Waals surface area contributed by atoms with Crippen molar-refractivity contribution in [2.75, 3.05) is 14.2 Å². The van der Waals surface area contributed by atoms with Crippen LogP contribution >= 0.6 is 0 Å². The monoisotopic (exact) mass is 332 g/mol. The summed E-state index contributed by atoms with van der Waals surface area (Å²) in [6.45, 7) is 2.88. The first-order valence-electron chi connectivity index (χ1n) is 8.25. The van der Waals surface area contributed by atoms with Gasteiger partial charge in [-0.1, -0.05) is 29.8 Å². The summed E-state index contributed by atoms with van der Waals surface area (Å²) >= 11 is 0. The average molecular weight is 332 g/mol. The van der Waals surface area contributed by atoms with Crippen LogP contribution in [0.4, 0.5) is 0 Å². The van der Waals surface area contributed by atoms with E-state index in [-0.39, 0.29) is 0 Å². The molecule has 0 spiro atoms.